The van der Waals surface area contributed by atoms with Crippen molar-refractivity contribution in [2.24, 2.45) is 0 Å². The second-order valence-corrected chi connectivity index (χ2v) is 4.64. The van der Waals surface area contributed by atoms with Gasteiger partial charge in [-0.1, -0.05) is 23.7 Å². The summed E-state index contributed by atoms with van der Waals surface area (Å²) in [6.45, 7) is 0. The van der Waals surface area contributed by atoms with Gasteiger partial charge in [0.15, 0.2) is 0 Å². The fourth-order valence-corrected chi connectivity index (χ4v) is 1.79. The van der Waals surface area contributed by atoms with E-state index in [1.165, 1.54) is 24.4 Å². The predicted molar refractivity (Wildman–Crippen MR) is 71.3 cm³/mol. The average molecular weight is 330 g/mol. The van der Waals surface area contributed by atoms with E-state index in [-0.39, 0.29) is 5.56 Å². The third kappa shape index (κ3) is 2.86. The van der Waals surface area contributed by atoms with Gasteiger partial charge in [0.05, 0.1) is 21.9 Å². The number of amides is 1. The zero-order valence-electron chi connectivity index (χ0n) is 8.95. The third-order valence-corrected chi connectivity index (χ3v) is 3.31. The molecule has 3 nitrogen and oxygen atoms in total. The first-order valence-corrected chi connectivity index (χ1v) is 6.12. The van der Waals surface area contributed by atoms with E-state index in [4.69, 9.17) is 11.6 Å². The summed E-state index contributed by atoms with van der Waals surface area (Å²) in [5.41, 5.74) is 0.406. The molecule has 0 radical (unpaired) electrons. The van der Waals surface area contributed by atoms with Crippen LogP contribution in [0.25, 0.3) is 0 Å². The van der Waals surface area contributed by atoms with E-state index in [0.29, 0.717) is 15.3 Å². The highest BCUT2D eigenvalue weighted by atomic mass is 79.9. The van der Waals surface area contributed by atoms with Crippen LogP contribution in [-0.4, -0.2) is 10.9 Å². The number of nitrogens with one attached hydrogen (secondary N) is 1. The number of carbonyl (C=O) groups is 1. The normalized spacial score (nSPS) is 10.2. The van der Waals surface area contributed by atoms with Crippen LogP contribution in [0.3, 0.4) is 0 Å². The second kappa shape index (κ2) is 5.46. The van der Waals surface area contributed by atoms with Gasteiger partial charge in [-0.3, -0.25) is 4.79 Å². The van der Waals surface area contributed by atoms with Gasteiger partial charge >= 0.3 is 0 Å². The SMILES string of the molecule is O=C(Nc1cnc(Cl)c(Br)c1)c1ccccc1F. The van der Waals surface area contributed by atoms with Crippen LogP contribution in [0.4, 0.5) is 10.1 Å². The molecule has 0 aliphatic carbocycles. The van der Waals surface area contributed by atoms with Crippen LogP contribution >= 0.6 is 27.5 Å². The molecule has 0 saturated heterocycles. The van der Waals surface area contributed by atoms with Gasteiger partial charge < -0.3 is 5.32 Å². The fraction of sp³-hybridized carbons (Fsp3) is 0. The average Bonchev–Trinajstić information content (AvgIpc) is 2.34. The molecule has 6 heteroatoms. The molecule has 1 heterocycles. The molecular formula is C12H7BrClFN2O. The molecule has 18 heavy (non-hydrogen) atoms. The van der Waals surface area contributed by atoms with Crippen molar-refractivity contribution in [3.05, 3.63) is 57.5 Å². The smallest absolute Gasteiger partial charge is 0.258 e. The van der Waals surface area contributed by atoms with E-state index in [1.807, 2.05) is 0 Å². The molecule has 0 saturated carbocycles. The lowest BCUT2D eigenvalue weighted by Gasteiger charge is -2.06. The molecule has 0 aliphatic heterocycles. The Balaban J connectivity index is 2.22. The molecule has 1 N–H and O–H groups in total. The largest absolute Gasteiger partial charge is 0.320 e. The summed E-state index contributed by atoms with van der Waals surface area (Å²) < 4.78 is 13.9. The minimum atomic E-state index is -0.573. The Morgan fingerprint density at radius 1 is 1.39 bits per heavy atom. The molecule has 0 bridgehead atoms. The molecule has 0 fully saturated rings. The molecule has 1 aromatic heterocycles. The van der Waals surface area contributed by atoms with Crippen molar-refractivity contribution in [1.82, 2.24) is 4.98 Å². The summed E-state index contributed by atoms with van der Waals surface area (Å²) in [6, 6.07) is 7.34. The van der Waals surface area contributed by atoms with Crippen LogP contribution in [0.15, 0.2) is 41.0 Å². The van der Waals surface area contributed by atoms with Crippen LogP contribution in [0.2, 0.25) is 5.15 Å². The topological polar surface area (TPSA) is 42.0 Å². The minimum Gasteiger partial charge on any atom is -0.320 e. The first kappa shape index (κ1) is 13.0. The van der Waals surface area contributed by atoms with Crippen molar-refractivity contribution < 1.29 is 9.18 Å². The van der Waals surface area contributed by atoms with Crippen LogP contribution in [0, 0.1) is 5.82 Å². The maximum absolute atomic E-state index is 13.4. The summed E-state index contributed by atoms with van der Waals surface area (Å²) in [7, 11) is 0. The zero-order valence-corrected chi connectivity index (χ0v) is 11.3. The Morgan fingerprint density at radius 3 is 2.78 bits per heavy atom. The summed E-state index contributed by atoms with van der Waals surface area (Å²) in [5, 5.41) is 2.83. The monoisotopic (exact) mass is 328 g/mol. The number of rotatable bonds is 2. The number of halogens is 3. The number of benzene rings is 1. The Bertz CT molecular complexity index is 606. The van der Waals surface area contributed by atoms with Crippen LogP contribution in [0.1, 0.15) is 10.4 Å². The van der Waals surface area contributed by atoms with Crippen molar-refractivity contribution in [1.29, 1.82) is 0 Å². The summed E-state index contributed by atoms with van der Waals surface area (Å²) in [6.07, 6.45) is 1.39. The van der Waals surface area contributed by atoms with Crippen molar-refractivity contribution >= 4 is 39.1 Å². The summed E-state index contributed by atoms with van der Waals surface area (Å²) in [5.74, 6) is -1.11. The third-order valence-electron chi connectivity index (χ3n) is 2.17. The van der Waals surface area contributed by atoms with Crippen molar-refractivity contribution in [2.45, 2.75) is 0 Å². The first-order chi connectivity index (χ1) is 8.58. The zero-order chi connectivity index (χ0) is 13.1. The molecular weight excluding hydrogens is 323 g/mol. The van der Waals surface area contributed by atoms with E-state index in [9.17, 15) is 9.18 Å². The van der Waals surface area contributed by atoms with E-state index in [0.717, 1.165) is 0 Å². The minimum absolute atomic E-state index is 0.0245. The number of nitrogens with zero attached hydrogens (tertiary/aromatic N) is 1. The van der Waals surface area contributed by atoms with Crippen LogP contribution < -0.4 is 5.32 Å². The lowest BCUT2D eigenvalue weighted by molar-refractivity contribution is 0.102. The van der Waals surface area contributed by atoms with Gasteiger partial charge in [-0.15, -0.1) is 0 Å². The molecule has 0 spiro atoms. The molecule has 2 aromatic rings. The maximum atomic E-state index is 13.4. The number of aromatic nitrogens is 1. The first-order valence-electron chi connectivity index (χ1n) is 4.95. The standard InChI is InChI=1S/C12H7BrClFN2O/c13-9-5-7(6-16-11(9)14)17-12(18)8-3-1-2-4-10(8)15/h1-6H,(H,17,18). The van der Waals surface area contributed by atoms with E-state index in [1.54, 1.807) is 12.1 Å². The Kier molecular flexibility index (Phi) is 3.93. The van der Waals surface area contributed by atoms with E-state index < -0.39 is 11.7 Å². The lowest BCUT2D eigenvalue weighted by Crippen LogP contribution is -2.13. The highest BCUT2D eigenvalue weighted by Crippen LogP contribution is 2.23. The van der Waals surface area contributed by atoms with Gasteiger partial charge in [0.1, 0.15) is 11.0 Å². The molecule has 92 valence electrons. The van der Waals surface area contributed by atoms with Crippen LogP contribution in [-0.2, 0) is 0 Å². The molecule has 1 aromatic carbocycles. The van der Waals surface area contributed by atoms with Crippen molar-refractivity contribution in [3.8, 4) is 0 Å². The number of hydrogen-bond acceptors (Lipinski definition) is 2. The van der Waals surface area contributed by atoms with Crippen LogP contribution in [0.5, 0.6) is 0 Å². The number of hydrogen-bond donors (Lipinski definition) is 1. The van der Waals surface area contributed by atoms with Crippen molar-refractivity contribution in [2.75, 3.05) is 5.32 Å². The molecule has 0 atom stereocenters. The van der Waals surface area contributed by atoms with Gasteiger partial charge in [-0.2, -0.15) is 0 Å². The Hall–Kier alpha value is -1.46. The Morgan fingerprint density at radius 2 is 2.11 bits per heavy atom. The number of pyridine rings is 1. The maximum Gasteiger partial charge on any atom is 0.258 e. The van der Waals surface area contributed by atoms with E-state index in [2.05, 4.69) is 26.2 Å². The summed E-state index contributed by atoms with van der Waals surface area (Å²) >= 11 is 8.92. The van der Waals surface area contributed by atoms with Gasteiger partial charge in [-0.05, 0) is 34.1 Å². The highest BCUT2D eigenvalue weighted by Gasteiger charge is 2.11. The van der Waals surface area contributed by atoms with E-state index >= 15 is 0 Å². The van der Waals surface area contributed by atoms with Gasteiger partial charge in [-0.25, -0.2) is 9.37 Å². The fourth-order valence-electron chi connectivity index (χ4n) is 1.33. The van der Waals surface area contributed by atoms with Crippen molar-refractivity contribution in [3.63, 3.8) is 0 Å². The Labute approximate surface area is 116 Å². The second-order valence-electron chi connectivity index (χ2n) is 3.43. The molecule has 1 amide bonds. The molecule has 2 rings (SSSR count). The van der Waals surface area contributed by atoms with Gasteiger partial charge in [0, 0.05) is 0 Å². The molecule has 0 aliphatic rings. The van der Waals surface area contributed by atoms with Gasteiger partial charge in [0.25, 0.3) is 5.91 Å². The summed E-state index contributed by atoms with van der Waals surface area (Å²) in [4.78, 5) is 15.7. The van der Waals surface area contributed by atoms with Gasteiger partial charge in [0.2, 0.25) is 0 Å². The highest BCUT2D eigenvalue weighted by molar-refractivity contribution is 9.10. The quantitative estimate of drug-likeness (QED) is 0.849. The predicted octanol–water partition coefficient (Wildman–Crippen LogP) is 3.89. The lowest BCUT2D eigenvalue weighted by atomic mass is 10.2. The number of anilines is 1. The molecule has 0 unspecified atom stereocenters. The number of carbonyl (C=O) groups excluding carboxylic acids is 1.